The van der Waals surface area contributed by atoms with Gasteiger partial charge in [0.15, 0.2) is 0 Å². The average Bonchev–Trinajstić information content (AvgIpc) is 2.75. The van der Waals surface area contributed by atoms with Gasteiger partial charge >= 0.3 is 0 Å². The van der Waals surface area contributed by atoms with Gasteiger partial charge in [-0.3, -0.25) is 0 Å². The number of hydrogen-bond acceptors (Lipinski definition) is 2. The molecule has 0 saturated carbocycles. The zero-order valence-electron chi connectivity index (χ0n) is 10.8. The molecule has 1 aromatic heterocycles. The molecule has 4 heteroatoms. The lowest BCUT2D eigenvalue weighted by molar-refractivity contribution is 0.605. The first-order valence-corrected chi connectivity index (χ1v) is 6.15. The number of nitrogens with one attached hydrogen (secondary N) is 1. The maximum absolute atomic E-state index is 13.9. The fourth-order valence-corrected chi connectivity index (χ4v) is 1.85. The first-order valence-electron chi connectivity index (χ1n) is 6.15. The second-order valence-corrected chi connectivity index (χ2v) is 4.34. The molecule has 1 N–H and O–H groups in total. The Morgan fingerprint density at radius 3 is 2.83 bits per heavy atom. The first-order chi connectivity index (χ1) is 8.70. The van der Waals surface area contributed by atoms with E-state index in [0.717, 1.165) is 17.9 Å². The lowest BCUT2D eigenvalue weighted by Crippen LogP contribution is -2.12. The van der Waals surface area contributed by atoms with Crippen LogP contribution in [0.2, 0.25) is 0 Å². The molecule has 0 radical (unpaired) electrons. The standard InChI is InChI=1S/C14H18FN3/c1-3-16-10-11-4-5-12(13(15)8-11)9-14-17-6-7-18(14)2/h4-8,16H,3,9-10H2,1-2H3. The summed E-state index contributed by atoms with van der Waals surface area (Å²) in [4.78, 5) is 4.21. The maximum Gasteiger partial charge on any atom is 0.127 e. The van der Waals surface area contributed by atoms with E-state index >= 15 is 0 Å². The quantitative estimate of drug-likeness (QED) is 0.878. The van der Waals surface area contributed by atoms with Crippen LogP contribution in [0.15, 0.2) is 30.6 Å². The monoisotopic (exact) mass is 247 g/mol. The van der Waals surface area contributed by atoms with E-state index in [0.29, 0.717) is 18.5 Å². The lowest BCUT2D eigenvalue weighted by atomic mass is 10.1. The molecule has 0 fully saturated rings. The molecule has 0 saturated heterocycles. The number of benzene rings is 1. The van der Waals surface area contributed by atoms with Gasteiger partial charge in [-0.05, 0) is 23.7 Å². The van der Waals surface area contributed by atoms with Gasteiger partial charge in [0.2, 0.25) is 0 Å². The Bertz CT molecular complexity index is 520. The van der Waals surface area contributed by atoms with Gasteiger partial charge < -0.3 is 9.88 Å². The van der Waals surface area contributed by atoms with Gasteiger partial charge in [0, 0.05) is 32.4 Å². The normalized spacial score (nSPS) is 10.8. The van der Waals surface area contributed by atoms with Crippen molar-refractivity contribution in [2.75, 3.05) is 6.54 Å². The Balaban J connectivity index is 2.12. The minimum absolute atomic E-state index is 0.159. The van der Waals surface area contributed by atoms with Gasteiger partial charge in [-0.1, -0.05) is 19.1 Å². The fourth-order valence-electron chi connectivity index (χ4n) is 1.85. The second kappa shape index (κ2) is 5.78. The maximum atomic E-state index is 13.9. The van der Waals surface area contributed by atoms with Crippen LogP contribution in [0.4, 0.5) is 4.39 Å². The fraction of sp³-hybridized carbons (Fsp3) is 0.357. The summed E-state index contributed by atoms with van der Waals surface area (Å²) in [7, 11) is 1.92. The van der Waals surface area contributed by atoms with Crippen molar-refractivity contribution in [2.45, 2.75) is 19.9 Å². The van der Waals surface area contributed by atoms with Gasteiger partial charge in [-0.15, -0.1) is 0 Å². The van der Waals surface area contributed by atoms with E-state index in [1.807, 2.05) is 36.9 Å². The van der Waals surface area contributed by atoms with Crippen LogP contribution in [-0.4, -0.2) is 16.1 Å². The molecule has 96 valence electrons. The molecule has 0 atom stereocenters. The van der Waals surface area contributed by atoms with Gasteiger partial charge in [-0.25, -0.2) is 9.37 Å². The molecule has 0 amide bonds. The summed E-state index contributed by atoms with van der Waals surface area (Å²) in [6.45, 7) is 3.62. The van der Waals surface area contributed by atoms with E-state index in [9.17, 15) is 4.39 Å². The Kier molecular flexibility index (Phi) is 4.10. The molecule has 0 bridgehead atoms. The zero-order valence-corrected chi connectivity index (χ0v) is 10.8. The molecule has 1 heterocycles. The molecular weight excluding hydrogens is 229 g/mol. The minimum Gasteiger partial charge on any atom is -0.338 e. The molecule has 2 aromatic rings. The van der Waals surface area contributed by atoms with Crippen LogP contribution in [0.3, 0.4) is 0 Å². The Hall–Kier alpha value is -1.68. The number of nitrogens with zero attached hydrogens (tertiary/aromatic N) is 2. The van der Waals surface area contributed by atoms with Gasteiger partial charge in [0.25, 0.3) is 0 Å². The smallest absolute Gasteiger partial charge is 0.127 e. The van der Waals surface area contributed by atoms with Crippen molar-refractivity contribution in [3.8, 4) is 0 Å². The summed E-state index contributed by atoms with van der Waals surface area (Å²) in [6.07, 6.45) is 4.12. The number of rotatable bonds is 5. The van der Waals surface area contributed by atoms with Crippen molar-refractivity contribution in [3.05, 3.63) is 53.4 Å². The summed E-state index contributed by atoms with van der Waals surface area (Å²) < 4.78 is 15.8. The number of aryl methyl sites for hydroxylation is 1. The van der Waals surface area contributed by atoms with Crippen molar-refractivity contribution in [1.82, 2.24) is 14.9 Å². The Morgan fingerprint density at radius 1 is 1.39 bits per heavy atom. The summed E-state index contributed by atoms with van der Waals surface area (Å²) >= 11 is 0. The molecule has 0 spiro atoms. The van der Waals surface area contributed by atoms with Crippen molar-refractivity contribution >= 4 is 0 Å². The van der Waals surface area contributed by atoms with E-state index in [1.165, 1.54) is 0 Å². The predicted octanol–water partition coefficient (Wildman–Crippen LogP) is 2.26. The molecule has 0 unspecified atom stereocenters. The van der Waals surface area contributed by atoms with Gasteiger partial charge in [0.05, 0.1) is 0 Å². The highest BCUT2D eigenvalue weighted by Crippen LogP contribution is 2.14. The van der Waals surface area contributed by atoms with Crippen LogP contribution in [0.1, 0.15) is 23.9 Å². The van der Waals surface area contributed by atoms with Crippen LogP contribution in [0.5, 0.6) is 0 Å². The highest BCUT2D eigenvalue weighted by molar-refractivity contribution is 5.26. The van der Waals surface area contributed by atoms with Crippen molar-refractivity contribution in [2.24, 2.45) is 7.05 Å². The minimum atomic E-state index is -0.159. The average molecular weight is 247 g/mol. The molecule has 1 aromatic carbocycles. The second-order valence-electron chi connectivity index (χ2n) is 4.34. The van der Waals surface area contributed by atoms with Crippen LogP contribution < -0.4 is 5.32 Å². The number of aromatic nitrogens is 2. The number of halogens is 1. The van der Waals surface area contributed by atoms with E-state index in [4.69, 9.17) is 0 Å². The van der Waals surface area contributed by atoms with E-state index in [2.05, 4.69) is 10.3 Å². The summed E-state index contributed by atoms with van der Waals surface area (Å²) in [6, 6.07) is 5.40. The zero-order chi connectivity index (χ0) is 13.0. The topological polar surface area (TPSA) is 29.9 Å². The van der Waals surface area contributed by atoms with E-state index in [1.54, 1.807) is 12.3 Å². The molecule has 3 nitrogen and oxygen atoms in total. The lowest BCUT2D eigenvalue weighted by Gasteiger charge is -2.07. The van der Waals surface area contributed by atoms with Crippen LogP contribution in [0.25, 0.3) is 0 Å². The Morgan fingerprint density at radius 2 is 2.22 bits per heavy atom. The third-order valence-electron chi connectivity index (χ3n) is 2.97. The summed E-state index contributed by atoms with van der Waals surface area (Å²) in [5.41, 5.74) is 1.66. The van der Waals surface area contributed by atoms with Crippen molar-refractivity contribution in [1.29, 1.82) is 0 Å². The SMILES string of the molecule is CCNCc1ccc(Cc2nccn2C)c(F)c1. The van der Waals surface area contributed by atoms with Gasteiger partial charge in [-0.2, -0.15) is 0 Å². The first kappa shape index (κ1) is 12.8. The number of imidazole rings is 1. The predicted molar refractivity (Wildman–Crippen MR) is 69.8 cm³/mol. The summed E-state index contributed by atoms with van der Waals surface area (Å²) in [5.74, 6) is 0.710. The van der Waals surface area contributed by atoms with Crippen molar-refractivity contribution < 1.29 is 4.39 Å². The largest absolute Gasteiger partial charge is 0.338 e. The molecule has 2 rings (SSSR count). The molecule has 0 aliphatic heterocycles. The highest BCUT2D eigenvalue weighted by Gasteiger charge is 2.07. The Labute approximate surface area is 107 Å². The summed E-state index contributed by atoms with van der Waals surface area (Å²) in [5, 5.41) is 3.18. The van der Waals surface area contributed by atoms with Crippen molar-refractivity contribution in [3.63, 3.8) is 0 Å². The van der Waals surface area contributed by atoms with E-state index in [-0.39, 0.29) is 5.82 Å². The van der Waals surface area contributed by atoms with Crippen LogP contribution in [-0.2, 0) is 20.0 Å². The van der Waals surface area contributed by atoms with Crippen LogP contribution in [0, 0.1) is 5.82 Å². The van der Waals surface area contributed by atoms with Crippen LogP contribution >= 0.6 is 0 Å². The van der Waals surface area contributed by atoms with Gasteiger partial charge in [0.1, 0.15) is 11.6 Å². The molecule has 0 aliphatic rings. The molecule has 18 heavy (non-hydrogen) atoms. The third-order valence-corrected chi connectivity index (χ3v) is 2.97. The number of hydrogen-bond donors (Lipinski definition) is 1. The highest BCUT2D eigenvalue weighted by atomic mass is 19.1. The third kappa shape index (κ3) is 2.96. The molecule has 0 aliphatic carbocycles. The molecular formula is C14H18FN3. The van der Waals surface area contributed by atoms with E-state index < -0.39 is 0 Å².